The minimum absolute atomic E-state index is 0.0347. The van der Waals surface area contributed by atoms with Crippen LogP contribution in [0.4, 0.5) is 11.4 Å². The van der Waals surface area contributed by atoms with E-state index in [2.05, 4.69) is 19.2 Å². The van der Waals surface area contributed by atoms with E-state index in [4.69, 9.17) is 9.47 Å². The Morgan fingerprint density at radius 1 is 1.26 bits per heavy atom. The van der Waals surface area contributed by atoms with Crippen molar-refractivity contribution in [2.24, 2.45) is 0 Å². The number of hydrogen-bond donors (Lipinski definition) is 1. The molecular weight excluding hydrogens is 244 g/mol. The van der Waals surface area contributed by atoms with Crippen LogP contribution in [0.3, 0.4) is 0 Å². The summed E-state index contributed by atoms with van der Waals surface area (Å²) in [5, 5.41) is 3.44. The molecule has 102 valence electrons. The molecule has 0 saturated carbocycles. The molecule has 3 rings (SSSR count). The SMILES string of the molecule is CC(=O)N1CC(C)(C)Nc2cc3c(cc21)OCCO3. The Labute approximate surface area is 112 Å². The van der Waals surface area contributed by atoms with E-state index in [1.807, 2.05) is 12.1 Å². The highest BCUT2D eigenvalue weighted by Gasteiger charge is 2.33. The fourth-order valence-corrected chi connectivity index (χ4v) is 2.57. The molecule has 2 aliphatic heterocycles. The molecule has 2 heterocycles. The molecule has 1 aromatic rings. The zero-order valence-corrected chi connectivity index (χ0v) is 11.4. The van der Waals surface area contributed by atoms with Gasteiger partial charge in [-0.2, -0.15) is 0 Å². The van der Waals surface area contributed by atoms with Gasteiger partial charge in [-0.15, -0.1) is 0 Å². The van der Waals surface area contributed by atoms with Crippen molar-refractivity contribution < 1.29 is 14.3 Å². The predicted octanol–water partition coefficient (Wildman–Crippen LogP) is 2.01. The fraction of sp³-hybridized carbons (Fsp3) is 0.500. The van der Waals surface area contributed by atoms with E-state index in [0.29, 0.717) is 25.5 Å². The Balaban J connectivity index is 2.10. The van der Waals surface area contributed by atoms with Crippen LogP contribution in [0, 0.1) is 0 Å². The van der Waals surface area contributed by atoms with Crippen LogP contribution >= 0.6 is 0 Å². The van der Waals surface area contributed by atoms with Gasteiger partial charge in [-0.1, -0.05) is 0 Å². The van der Waals surface area contributed by atoms with Gasteiger partial charge in [0.25, 0.3) is 0 Å². The van der Waals surface area contributed by atoms with Crippen molar-refractivity contribution in [2.75, 3.05) is 30.0 Å². The maximum atomic E-state index is 11.8. The van der Waals surface area contributed by atoms with Gasteiger partial charge in [-0.05, 0) is 13.8 Å². The average Bonchev–Trinajstić information content (AvgIpc) is 2.34. The normalized spacial score (nSPS) is 19.4. The minimum atomic E-state index is -0.164. The number of nitrogens with one attached hydrogen (secondary N) is 1. The molecule has 1 N–H and O–H groups in total. The first kappa shape index (κ1) is 12.1. The number of anilines is 2. The molecule has 5 heteroatoms. The van der Waals surface area contributed by atoms with E-state index >= 15 is 0 Å². The molecular formula is C14H18N2O3. The van der Waals surface area contributed by atoms with E-state index in [1.165, 1.54) is 0 Å². The summed E-state index contributed by atoms with van der Waals surface area (Å²) in [6.45, 7) is 7.47. The second kappa shape index (κ2) is 4.05. The maximum absolute atomic E-state index is 11.8. The third-order valence-electron chi connectivity index (χ3n) is 3.36. The number of ether oxygens (including phenoxy) is 2. The Kier molecular flexibility index (Phi) is 2.59. The Morgan fingerprint density at radius 2 is 1.89 bits per heavy atom. The van der Waals surface area contributed by atoms with Crippen LogP contribution in [0.15, 0.2) is 12.1 Å². The lowest BCUT2D eigenvalue weighted by molar-refractivity contribution is -0.116. The third kappa shape index (κ3) is 2.09. The van der Waals surface area contributed by atoms with Crippen molar-refractivity contribution >= 4 is 17.3 Å². The van der Waals surface area contributed by atoms with Crippen molar-refractivity contribution in [3.63, 3.8) is 0 Å². The summed E-state index contributed by atoms with van der Waals surface area (Å²) >= 11 is 0. The minimum Gasteiger partial charge on any atom is -0.486 e. The van der Waals surface area contributed by atoms with Gasteiger partial charge >= 0.3 is 0 Å². The monoisotopic (exact) mass is 262 g/mol. The molecule has 2 aliphatic rings. The third-order valence-corrected chi connectivity index (χ3v) is 3.36. The van der Waals surface area contributed by atoms with Crippen molar-refractivity contribution in [3.8, 4) is 11.5 Å². The van der Waals surface area contributed by atoms with Crippen molar-refractivity contribution in [1.82, 2.24) is 0 Å². The Morgan fingerprint density at radius 3 is 2.53 bits per heavy atom. The van der Waals surface area contributed by atoms with Crippen LogP contribution in [0.5, 0.6) is 11.5 Å². The zero-order valence-electron chi connectivity index (χ0n) is 11.4. The lowest BCUT2D eigenvalue weighted by Crippen LogP contribution is -2.50. The largest absolute Gasteiger partial charge is 0.486 e. The zero-order chi connectivity index (χ0) is 13.6. The summed E-state index contributed by atoms with van der Waals surface area (Å²) in [6.07, 6.45) is 0. The summed E-state index contributed by atoms with van der Waals surface area (Å²) in [5.74, 6) is 1.48. The van der Waals surface area contributed by atoms with Gasteiger partial charge < -0.3 is 19.7 Å². The lowest BCUT2D eigenvalue weighted by atomic mass is 9.99. The second-order valence-corrected chi connectivity index (χ2v) is 5.63. The molecule has 0 atom stereocenters. The van der Waals surface area contributed by atoms with Crippen LogP contribution in [-0.2, 0) is 4.79 Å². The van der Waals surface area contributed by atoms with Crippen molar-refractivity contribution in [2.45, 2.75) is 26.3 Å². The topological polar surface area (TPSA) is 50.8 Å². The molecule has 0 aromatic heterocycles. The molecule has 19 heavy (non-hydrogen) atoms. The second-order valence-electron chi connectivity index (χ2n) is 5.63. The number of benzene rings is 1. The molecule has 0 unspecified atom stereocenters. The van der Waals surface area contributed by atoms with Crippen LogP contribution in [0.2, 0.25) is 0 Å². The van der Waals surface area contributed by atoms with E-state index < -0.39 is 0 Å². The molecule has 0 saturated heterocycles. The van der Waals surface area contributed by atoms with Gasteiger partial charge in [0.05, 0.1) is 11.4 Å². The number of fused-ring (bicyclic) bond motifs is 2. The fourth-order valence-electron chi connectivity index (χ4n) is 2.57. The highest BCUT2D eigenvalue weighted by Crippen LogP contribution is 2.43. The molecule has 0 bridgehead atoms. The number of carbonyl (C=O) groups excluding carboxylic acids is 1. The van der Waals surface area contributed by atoms with Gasteiger partial charge in [0.2, 0.25) is 5.91 Å². The van der Waals surface area contributed by atoms with Gasteiger partial charge in [0.1, 0.15) is 13.2 Å². The van der Waals surface area contributed by atoms with Crippen molar-refractivity contribution in [3.05, 3.63) is 12.1 Å². The molecule has 0 fully saturated rings. The molecule has 1 amide bonds. The first-order valence-corrected chi connectivity index (χ1v) is 6.46. The van der Waals surface area contributed by atoms with Gasteiger partial charge in [-0.25, -0.2) is 0 Å². The summed E-state index contributed by atoms with van der Waals surface area (Å²) in [4.78, 5) is 13.6. The summed E-state index contributed by atoms with van der Waals surface area (Å²) < 4.78 is 11.2. The maximum Gasteiger partial charge on any atom is 0.224 e. The molecule has 0 spiro atoms. The molecule has 0 radical (unpaired) electrons. The Hall–Kier alpha value is -1.91. The number of nitrogens with zero attached hydrogens (tertiary/aromatic N) is 1. The van der Waals surface area contributed by atoms with Crippen LogP contribution in [-0.4, -0.2) is 31.2 Å². The van der Waals surface area contributed by atoms with Gasteiger partial charge in [-0.3, -0.25) is 4.79 Å². The smallest absolute Gasteiger partial charge is 0.224 e. The highest BCUT2D eigenvalue weighted by molar-refractivity contribution is 5.97. The number of amides is 1. The summed E-state index contributed by atoms with van der Waals surface area (Å²) in [5.41, 5.74) is 1.61. The first-order chi connectivity index (χ1) is 8.96. The number of carbonyl (C=O) groups is 1. The first-order valence-electron chi connectivity index (χ1n) is 6.46. The summed E-state index contributed by atoms with van der Waals surface area (Å²) in [6, 6.07) is 3.80. The van der Waals surface area contributed by atoms with E-state index in [1.54, 1.807) is 11.8 Å². The standard InChI is InChI=1S/C14H18N2O3/c1-9(17)16-8-14(2,3)15-10-6-12-13(7-11(10)16)19-5-4-18-12/h6-7,15H,4-5,8H2,1-3H3. The molecule has 0 aliphatic carbocycles. The van der Waals surface area contributed by atoms with E-state index in [0.717, 1.165) is 17.1 Å². The lowest BCUT2D eigenvalue weighted by Gasteiger charge is -2.41. The van der Waals surface area contributed by atoms with Crippen LogP contribution < -0.4 is 19.7 Å². The van der Waals surface area contributed by atoms with E-state index in [9.17, 15) is 4.79 Å². The van der Waals surface area contributed by atoms with Crippen LogP contribution in [0.25, 0.3) is 0 Å². The summed E-state index contributed by atoms with van der Waals surface area (Å²) in [7, 11) is 0. The predicted molar refractivity (Wildman–Crippen MR) is 73.2 cm³/mol. The van der Waals surface area contributed by atoms with Gasteiger partial charge in [0.15, 0.2) is 11.5 Å². The number of rotatable bonds is 0. The van der Waals surface area contributed by atoms with Crippen LogP contribution in [0.1, 0.15) is 20.8 Å². The Bertz CT molecular complexity index is 540. The molecule has 1 aromatic carbocycles. The van der Waals surface area contributed by atoms with Crippen molar-refractivity contribution in [1.29, 1.82) is 0 Å². The van der Waals surface area contributed by atoms with Gasteiger partial charge in [0, 0.05) is 31.1 Å². The quantitative estimate of drug-likeness (QED) is 0.777. The molecule has 5 nitrogen and oxygen atoms in total. The average molecular weight is 262 g/mol. The highest BCUT2D eigenvalue weighted by atomic mass is 16.6. The number of hydrogen-bond acceptors (Lipinski definition) is 4. The van der Waals surface area contributed by atoms with E-state index in [-0.39, 0.29) is 11.4 Å².